The average molecular weight is 822 g/mol. The van der Waals surface area contributed by atoms with E-state index in [9.17, 15) is 22.0 Å². The van der Waals surface area contributed by atoms with Crippen LogP contribution in [-0.2, 0) is 32.5 Å². The second-order valence-electron chi connectivity index (χ2n) is 13.3. The Morgan fingerprint density at radius 1 is 0.982 bits per heavy atom. The molecule has 1 atom stereocenters. The molecule has 1 N–H and O–H groups in total. The topological polar surface area (TPSA) is 118 Å². The van der Waals surface area contributed by atoms with Crippen molar-refractivity contribution in [2.75, 3.05) is 56.6 Å². The van der Waals surface area contributed by atoms with E-state index in [4.69, 9.17) is 46.9 Å². The summed E-state index contributed by atoms with van der Waals surface area (Å²) in [5.41, 5.74) is 1.92. The molecule has 55 heavy (non-hydrogen) atoms. The number of morpholine rings is 1. The molecular formula is C39H42Cl2F2N3O8S+. The van der Waals surface area contributed by atoms with Crippen LogP contribution in [0, 0.1) is 5.92 Å². The predicted molar refractivity (Wildman–Crippen MR) is 203 cm³/mol. The molecule has 11 nitrogen and oxygen atoms in total. The molecule has 1 aliphatic heterocycles. The van der Waals surface area contributed by atoms with Crippen LogP contribution >= 0.6 is 23.2 Å². The van der Waals surface area contributed by atoms with Crippen LogP contribution in [0.1, 0.15) is 46.0 Å². The lowest BCUT2D eigenvalue weighted by molar-refractivity contribution is -0.377. The minimum atomic E-state index is -3.83. The van der Waals surface area contributed by atoms with Gasteiger partial charge in [0.25, 0.3) is 0 Å². The lowest BCUT2D eigenvalue weighted by Crippen LogP contribution is -2.43. The Morgan fingerprint density at radius 3 is 2.38 bits per heavy atom. The van der Waals surface area contributed by atoms with Crippen LogP contribution < -0.4 is 23.5 Å². The van der Waals surface area contributed by atoms with E-state index in [0.29, 0.717) is 56.5 Å². The van der Waals surface area contributed by atoms with E-state index < -0.39 is 28.7 Å². The van der Waals surface area contributed by atoms with Gasteiger partial charge in [-0.1, -0.05) is 59.6 Å². The first-order valence-corrected chi connectivity index (χ1v) is 20.4. The van der Waals surface area contributed by atoms with Crippen LogP contribution in [0.15, 0.2) is 79.1 Å². The first-order valence-electron chi connectivity index (χ1n) is 17.8. The SMILES string of the molecule is CS(=O)(=O)N(CCN1CCOCC1)c1cc(OCc2ccccc2)cc(C(=O)O[C@@H](Cc2c(Cl)c[nH+]cc2Cl)c2ccc(OC(F)F)c(OCC3CC3)c2)c1. The number of pyridine rings is 1. The lowest BCUT2D eigenvalue weighted by atomic mass is 10.0. The Kier molecular flexibility index (Phi) is 13.7. The molecule has 2 fully saturated rings. The van der Waals surface area contributed by atoms with Crippen LogP contribution in [0.5, 0.6) is 17.2 Å². The summed E-state index contributed by atoms with van der Waals surface area (Å²) in [6.45, 7) is 0.315. The molecule has 0 radical (unpaired) electrons. The van der Waals surface area contributed by atoms with Gasteiger partial charge in [-0.15, -0.1) is 0 Å². The third-order valence-electron chi connectivity index (χ3n) is 9.15. The summed E-state index contributed by atoms with van der Waals surface area (Å²) in [5, 5.41) is 0.554. The van der Waals surface area contributed by atoms with E-state index in [0.717, 1.165) is 24.7 Å². The Balaban J connectivity index is 1.35. The molecule has 1 aliphatic carbocycles. The van der Waals surface area contributed by atoms with Crippen molar-refractivity contribution in [2.45, 2.75) is 38.6 Å². The number of hydrogen-bond acceptors (Lipinski definition) is 9. The number of esters is 1. The highest BCUT2D eigenvalue weighted by atomic mass is 35.5. The monoisotopic (exact) mass is 820 g/mol. The van der Waals surface area contributed by atoms with Crippen molar-refractivity contribution in [1.82, 2.24) is 4.90 Å². The molecule has 2 aliphatic rings. The number of benzene rings is 3. The number of carbonyl (C=O) groups is 1. The molecule has 0 bridgehead atoms. The number of sulfonamides is 1. The lowest BCUT2D eigenvalue weighted by Gasteiger charge is -2.30. The number of hydrogen-bond donors (Lipinski definition) is 0. The fraction of sp³-hybridized carbons (Fsp3) is 0.385. The third-order valence-corrected chi connectivity index (χ3v) is 11.0. The molecule has 6 rings (SSSR count). The molecule has 1 saturated carbocycles. The smallest absolute Gasteiger partial charge is 0.387 e. The summed E-state index contributed by atoms with van der Waals surface area (Å²) in [6.07, 6.45) is 5.01. The quantitative estimate of drug-likeness (QED) is 0.0977. The van der Waals surface area contributed by atoms with Crippen LogP contribution in [0.25, 0.3) is 0 Å². The van der Waals surface area contributed by atoms with E-state index in [2.05, 4.69) is 9.88 Å². The van der Waals surface area contributed by atoms with E-state index in [1.807, 2.05) is 30.3 Å². The zero-order valence-corrected chi connectivity index (χ0v) is 32.4. The van der Waals surface area contributed by atoms with Gasteiger partial charge >= 0.3 is 12.6 Å². The fourth-order valence-corrected chi connectivity index (χ4v) is 7.45. The average Bonchev–Trinajstić information content (AvgIpc) is 3.99. The zero-order valence-electron chi connectivity index (χ0n) is 30.1. The Morgan fingerprint density at radius 2 is 1.71 bits per heavy atom. The molecule has 1 saturated heterocycles. The van der Waals surface area contributed by atoms with Gasteiger partial charge < -0.3 is 23.7 Å². The fourth-order valence-electron chi connectivity index (χ4n) is 6.02. The number of rotatable bonds is 18. The number of H-pyrrole nitrogens is 1. The summed E-state index contributed by atoms with van der Waals surface area (Å²) < 4.78 is 82.9. The first-order chi connectivity index (χ1) is 26.4. The molecule has 16 heteroatoms. The van der Waals surface area contributed by atoms with Gasteiger partial charge in [-0.3, -0.25) is 9.21 Å². The van der Waals surface area contributed by atoms with E-state index in [1.54, 1.807) is 6.07 Å². The number of alkyl halides is 2. The van der Waals surface area contributed by atoms with Gasteiger partial charge in [0.05, 0.1) is 37.3 Å². The number of aromatic nitrogens is 1. The highest BCUT2D eigenvalue weighted by molar-refractivity contribution is 7.92. The minimum Gasteiger partial charge on any atom is -0.489 e. The van der Waals surface area contributed by atoms with E-state index >= 15 is 0 Å². The van der Waals surface area contributed by atoms with Gasteiger partial charge in [-0.05, 0) is 54.2 Å². The van der Waals surface area contributed by atoms with Crippen molar-refractivity contribution in [3.63, 3.8) is 0 Å². The van der Waals surface area contributed by atoms with Gasteiger partial charge in [0.2, 0.25) is 10.0 Å². The number of nitrogens with zero attached hydrogens (tertiary/aromatic N) is 2. The summed E-state index contributed by atoms with van der Waals surface area (Å²) in [7, 11) is -3.83. The van der Waals surface area contributed by atoms with Crippen molar-refractivity contribution in [2.24, 2.45) is 5.92 Å². The van der Waals surface area contributed by atoms with Crippen molar-refractivity contribution in [3.8, 4) is 17.2 Å². The molecule has 0 unspecified atom stereocenters. The number of nitrogens with one attached hydrogen (secondary N) is 1. The van der Waals surface area contributed by atoms with Gasteiger partial charge in [-0.25, -0.2) is 18.2 Å². The van der Waals surface area contributed by atoms with Crippen molar-refractivity contribution < 1.29 is 50.7 Å². The van der Waals surface area contributed by atoms with Crippen molar-refractivity contribution in [3.05, 3.63) is 111 Å². The molecule has 294 valence electrons. The summed E-state index contributed by atoms with van der Waals surface area (Å²) in [6, 6.07) is 18.2. The van der Waals surface area contributed by atoms with Crippen molar-refractivity contribution in [1.29, 1.82) is 0 Å². The Hall–Kier alpha value is -4.21. The van der Waals surface area contributed by atoms with Gasteiger partial charge in [-0.2, -0.15) is 8.78 Å². The van der Waals surface area contributed by atoms with E-state index in [-0.39, 0.29) is 58.1 Å². The predicted octanol–water partition coefficient (Wildman–Crippen LogP) is 7.02. The molecule has 4 aromatic rings. The van der Waals surface area contributed by atoms with Gasteiger partial charge in [0.1, 0.15) is 28.5 Å². The maximum atomic E-state index is 14.3. The first kappa shape index (κ1) is 40.5. The maximum absolute atomic E-state index is 14.3. The van der Waals surface area contributed by atoms with Gasteiger partial charge in [0, 0.05) is 44.2 Å². The highest BCUT2D eigenvalue weighted by Crippen LogP contribution is 2.38. The molecule has 2 heterocycles. The molecule has 1 aromatic heterocycles. The Labute approximate surface area is 329 Å². The van der Waals surface area contributed by atoms with Crippen LogP contribution in [0.4, 0.5) is 14.5 Å². The number of ether oxygens (including phenoxy) is 5. The summed E-state index contributed by atoms with van der Waals surface area (Å²) in [5.74, 6) is -0.381. The minimum absolute atomic E-state index is 0.00651. The third kappa shape index (κ3) is 11.7. The number of carbonyl (C=O) groups excluding carboxylic acids is 1. The molecular weight excluding hydrogens is 779 g/mol. The number of anilines is 1. The standard InChI is InChI=1S/C39H41Cl2F2N3O8S/c1-55(48,49)46(12-11-45-13-15-50-16-14-45)30-17-29(18-31(20-30)51-24-26-5-3-2-4-6-26)38(47)53-36(21-32-33(40)22-44-23-34(32)41)28-9-10-35(54-39(42)43)37(19-28)52-25-27-7-8-27/h2-6,9-10,17-20,22-23,27,36,39H,7-8,11-16,21,24-25H2,1H3/p+1/t36-/m0/s1. The van der Waals surface area contributed by atoms with E-state index in [1.165, 1.54) is 47.0 Å². The van der Waals surface area contributed by atoms with Crippen LogP contribution in [-0.4, -0.2) is 78.2 Å². The van der Waals surface area contributed by atoms with Crippen LogP contribution in [0.2, 0.25) is 10.0 Å². The van der Waals surface area contributed by atoms with Gasteiger partial charge in [0.15, 0.2) is 23.9 Å². The molecule has 3 aromatic carbocycles. The summed E-state index contributed by atoms with van der Waals surface area (Å²) in [4.78, 5) is 19.2. The number of halogens is 4. The number of aromatic amines is 1. The van der Waals surface area contributed by atoms with Crippen LogP contribution in [0.3, 0.4) is 0 Å². The zero-order chi connectivity index (χ0) is 39.0. The Bertz CT molecular complexity index is 2020. The normalized spacial score (nSPS) is 15.4. The largest absolute Gasteiger partial charge is 0.489 e. The summed E-state index contributed by atoms with van der Waals surface area (Å²) >= 11 is 13.1. The maximum Gasteiger partial charge on any atom is 0.387 e. The second-order valence-corrected chi connectivity index (χ2v) is 16.1. The van der Waals surface area contributed by atoms with Crippen molar-refractivity contribution >= 4 is 44.9 Å². The second kappa shape index (κ2) is 18.6. The molecule has 0 amide bonds. The molecule has 0 spiro atoms. The highest BCUT2D eigenvalue weighted by Gasteiger charge is 2.28.